The Labute approximate surface area is 161 Å². The molecule has 0 saturated heterocycles. The van der Waals surface area contributed by atoms with Crippen LogP contribution in [0.1, 0.15) is 76.8 Å². The molecule has 1 aromatic rings. The summed E-state index contributed by atoms with van der Waals surface area (Å²) in [6.07, 6.45) is 6.57. The summed E-state index contributed by atoms with van der Waals surface area (Å²) in [5.41, 5.74) is 3.08. The van der Waals surface area contributed by atoms with Crippen molar-refractivity contribution in [2.45, 2.75) is 78.2 Å². The normalized spacial score (nSPS) is 37.0. The number of benzene rings is 1. The summed E-state index contributed by atoms with van der Waals surface area (Å²) in [5, 5.41) is 0. The maximum atomic E-state index is 11.6. The van der Waals surface area contributed by atoms with Gasteiger partial charge in [0, 0.05) is 19.3 Å². The Balaban J connectivity index is 1.65. The molecule has 2 fully saturated rings. The Morgan fingerprint density at radius 1 is 1.00 bits per heavy atom. The van der Waals surface area contributed by atoms with E-state index in [1.54, 1.807) is 0 Å². The fourth-order valence-corrected chi connectivity index (χ4v) is 6.67. The molecule has 0 heterocycles. The average molecular weight is 370 g/mol. The first-order valence-electron chi connectivity index (χ1n) is 10.2. The number of aryl methyl sites for hydroxylation is 1. The second-order valence-electron chi connectivity index (χ2n) is 9.29. The predicted octanol–water partition coefficient (Wildman–Crippen LogP) is 4.79. The summed E-state index contributed by atoms with van der Waals surface area (Å²) in [5.74, 6) is 1.34. The van der Waals surface area contributed by atoms with Crippen molar-refractivity contribution < 1.29 is 19.1 Å². The van der Waals surface area contributed by atoms with Crippen molar-refractivity contribution in [1.29, 1.82) is 0 Å². The van der Waals surface area contributed by atoms with Crippen LogP contribution >= 0.6 is 0 Å². The van der Waals surface area contributed by atoms with Crippen LogP contribution in [0.3, 0.4) is 0 Å². The number of hydrogen-bond donors (Lipinski definition) is 0. The second kappa shape index (κ2) is 6.35. The van der Waals surface area contributed by atoms with Crippen LogP contribution < -0.4 is 4.74 Å². The number of carbonyl (C=O) groups is 2. The number of esters is 2. The van der Waals surface area contributed by atoms with Gasteiger partial charge in [0.15, 0.2) is 0 Å². The topological polar surface area (TPSA) is 52.6 Å². The van der Waals surface area contributed by atoms with E-state index in [-0.39, 0.29) is 28.9 Å². The van der Waals surface area contributed by atoms with E-state index in [0.717, 1.165) is 38.5 Å². The third-order valence-corrected chi connectivity index (χ3v) is 7.81. The molecule has 3 aliphatic rings. The van der Waals surface area contributed by atoms with Gasteiger partial charge in [0.05, 0.1) is 0 Å². The zero-order valence-corrected chi connectivity index (χ0v) is 16.8. The third-order valence-electron chi connectivity index (χ3n) is 7.81. The van der Waals surface area contributed by atoms with Gasteiger partial charge in [-0.3, -0.25) is 9.59 Å². The minimum atomic E-state index is -0.272. The van der Waals surface area contributed by atoms with Crippen LogP contribution in [-0.2, 0) is 20.7 Å². The molecule has 0 radical (unpaired) electrons. The summed E-state index contributed by atoms with van der Waals surface area (Å²) in [6.45, 7) is 7.78. The molecule has 0 aromatic heterocycles. The molecular formula is C23H30O4. The molecule has 2 saturated carbocycles. The predicted molar refractivity (Wildman–Crippen MR) is 103 cm³/mol. The number of carbonyl (C=O) groups excluding carboxylic acids is 2. The number of fused-ring (bicyclic) bond motifs is 5. The standard InChI is InChI=1S/C23H30O4/c1-14(24)26-17-5-6-18-16(13-17)9-11-22(3)19(18)10-12-23(4)20(22)7-8-21(23)27-15(2)25/h5-6,13,19-21H,7-12H2,1-4H3/t19-,20+,21+,22-,23+/m1/s1. The van der Waals surface area contributed by atoms with Crippen molar-refractivity contribution in [2.24, 2.45) is 16.7 Å². The molecule has 5 atom stereocenters. The molecule has 3 aliphatic carbocycles. The van der Waals surface area contributed by atoms with Crippen LogP contribution in [0.2, 0.25) is 0 Å². The zero-order chi connectivity index (χ0) is 19.4. The van der Waals surface area contributed by atoms with E-state index in [9.17, 15) is 9.59 Å². The highest BCUT2D eigenvalue weighted by Crippen LogP contribution is 2.67. The van der Waals surface area contributed by atoms with Crippen LogP contribution in [0.4, 0.5) is 0 Å². The van der Waals surface area contributed by atoms with Crippen molar-refractivity contribution in [1.82, 2.24) is 0 Å². The van der Waals surface area contributed by atoms with Gasteiger partial charge in [-0.1, -0.05) is 19.9 Å². The number of ether oxygens (including phenoxy) is 2. The van der Waals surface area contributed by atoms with E-state index in [1.165, 1.54) is 25.0 Å². The van der Waals surface area contributed by atoms with E-state index < -0.39 is 0 Å². The maximum absolute atomic E-state index is 11.6. The van der Waals surface area contributed by atoms with Crippen LogP contribution in [0.5, 0.6) is 5.75 Å². The quantitative estimate of drug-likeness (QED) is 0.555. The Kier molecular flexibility index (Phi) is 4.36. The Hall–Kier alpha value is -1.84. The van der Waals surface area contributed by atoms with Crippen LogP contribution in [0.15, 0.2) is 18.2 Å². The largest absolute Gasteiger partial charge is 0.462 e. The summed E-state index contributed by atoms with van der Waals surface area (Å²) in [4.78, 5) is 22.9. The fourth-order valence-electron chi connectivity index (χ4n) is 6.67. The summed E-state index contributed by atoms with van der Waals surface area (Å²) < 4.78 is 11.0. The Bertz CT molecular complexity index is 785. The Morgan fingerprint density at radius 2 is 1.78 bits per heavy atom. The van der Waals surface area contributed by atoms with Crippen LogP contribution in [0, 0.1) is 16.7 Å². The highest BCUT2D eigenvalue weighted by atomic mass is 16.5. The van der Waals surface area contributed by atoms with Gasteiger partial charge in [-0.25, -0.2) is 0 Å². The molecule has 4 rings (SSSR count). The molecule has 27 heavy (non-hydrogen) atoms. The van der Waals surface area contributed by atoms with Gasteiger partial charge in [0.1, 0.15) is 11.9 Å². The van der Waals surface area contributed by atoms with Gasteiger partial charge in [-0.15, -0.1) is 0 Å². The minimum Gasteiger partial charge on any atom is -0.462 e. The fraction of sp³-hybridized carbons (Fsp3) is 0.652. The van der Waals surface area contributed by atoms with Crippen molar-refractivity contribution in [3.8, 4) is 5.75 Å². The van der Waals surface area contributed by atoms with Gasteiger partial charge in [-0.05, 0) is 79.0 Å². The van der Waals surface area contributed by atoms with E-state index in [2.05, 4.69) is 26.0 Å². The lowest BCUT2D eigenvalue weighted by atomic mass is 9.48. The van der Waals surface area contributed by atoms with Crippen LogP contribution in [-0.4, -0.2) is 18.0 Å². The monoisotopic (exact) mass is 370 g/mol. The molecule has 0 bridgehead atoms. The smallest absolute Gasteiger partial charge is 0.308 e. The number of hydrogen-bond acceptors (Lipinski definition) is 4. The second-order valence-corrected chi connectivity index (χ2v) is 9.29. The lowest BCUT2D eigenvalue weighted by Crippen LogP contribution is -2.50. The maximum Gasteiger partial charge on any atom is 0.308 e. The van der Waals surface area contributed by atoms with Crippen molar-refractivity contribution in [2.75, 3.05) is 0 Å². The molecule has 1 aromatic carbocycles. The number of rotatable bonds is 2. The van der Waals surface area contributed by atoms with E-state index in [4.69, 9.17) is 9.47 Å². The highest BCUT2D eigenvalue weighted by molar-refractivity contribution is 5.69. The SMILES string of the molecule is CC(=O)Oc1ccc2c(c1)CC[C@@]1(C)[C@@H]3CC[C@H](OC(C)=O)[C@@]3(C)CC[C@H]21. The zero-order valence-electron chi connectivity index (χ0n) is 16.8. The lowest BCUT2D eigenvalue weighted by molar-refractivity contribution is -0.157. The first kappa shape index (κ1) is 18.5. The highest BCUT2D eigenvalue weighted by Gasteiger charge is 2.61. The van der Waals surface area contributed by atoms with Gasteiger partial charge < -0.3 is 9.47 Å². The minimum absolute atomic E-state index is 0.0607. The van der Waals surface area contributed by atoms with E-state index >= 15 is 0 Å². The molecule has 4 nitrogen and oxygen atoms in total. The molecule has 146 valence electrons. The summed E-state index contributed by atoms with van der Waals surface area (Å²) in [6, 6.07) is 6.17. The van der Waals surface area contributed by atoms with E-state index in [0.29, 0.717) is 17.6 Å². The summed E-state index contributed by atoms with van der Waals surface area (Å²) in [7, 11) is 0. The molecule has 0 N–H and O–H groups in total. The van der Waals surface area contributed by atoms with Gasteiger partial charge in [0.25, 0.3) is 0 Å². The van der Waals surface area contributed by atoms with Crippen molar-refractivity contribution in [3.63, 3.8) is 0 Å². The molecule has 4 heteroatoms. The van der Waals surface area contributed by atoms with Gasteiger partial charge in [0.2, 0.25) is 0 Å². The third kappa shape index (κ3) is 2.88. The Morgan fingerprint density at radius 3 is 2.48 bits per heavy atom. The average Bonchev–Trinajstić information content (AvgIpc) is 2.91. The summed E-state index contributed by atoms with van der Waals surface area (Å²) >= 11 is 0. The van der Waals surface area contributed by atoms with Gasteiger partial charge >= 0.3 is 11.9 Å². The van der Waals surface area contributed by atoms with E-state index in [1.807, 2.05) is 6.07 Å². The molecule has 0 aliphatic heterocycles. The lowest BCUT2D eigenvalue weighted by Gasteiger charge is -2.57. The first-order chi connectivity index (χ1) is 12.7. The van der Waals surface area contributed by atoms with Gasteiger partial charge in [-0.2, -0.15) is 0 Å². The van der Waals surface area contributed by atoms with Crippen molar-refractivity contribution >= 4 is 11.9 Å². The molecular weight excluding hydrogens is 340 g/mol. The molecule has 0 amide bonds. The molecule has 0 unspecified atom stereocenters. The first-order valence-corrected chi connectivity index (χ1v) is 10.2. The van der Waals surface area contributed by atoms with Crippen molar-refractivity contribution in [3.05, 3.63) is 29.3 Å². The van der Waals surface area contributed by atoms with Crippen LogP contribution in [0.25, 0.3) is 0 Å². The molecule has 0 spiro atoms.